The van der Waals surface area contributed by atoms with E-state index in [1.807, 2.05) is 6.08 Å². The smallest absolute Gasteiger partial charge is 0.0239 e. The van der Waals surface area contributed by atoms with Crippen molar-refractivity contribution in [1.29, 1.82) is 0 Å². The van der Waals surface area contributed by atoms with Gasteiger partial charge in [0.05, 0.1) is 0 Å². The van der Waals surface area contributed by atoms with Gasteiger partial charge >= 0.3 is 0 Å². The van der Waals surface area contributed by atoms with Gasteiger partial charge in [-0.05, 0) is 18.8 Å². The van der Waals surface area contributed by atoms with E-state index in [1.54, 1.807) is 0 Å². The maximum Gasteiger partial charge on any atom is -0.0239 e. The number of hydrogen-bond acceptors (Lipinski definition) is 0. The first-order valence-corrected chi connectivity index (χ1v) is 3.27. The number of hydrogen-bond donors (Lipinski definition) is 0. The van der Waals surface area contributed by atoms with Crippen LogP contribution in [0, 0.1) is 12.8 Å². The molecule has 0 aromatic carbocycles. The van der Waals surface area contributed by atoms with Crippen molar-refractivity contribution >= 4 is 0 Å². The molecule has 0 bridgehead atoms. The zero-order valence-corrected chi connectivity index (χ0v) is 5.69. The molecule has 0 saturated carbocycles. The maximum absolute atomic E-state index is 3.77. The third-order valence-electron chi connectivity index (χ3n) is 1.43. The molecule has 0 rings (SSSR count). The number of rotatable bonds is 4. The van der Waals surface area contributed by atoms with Crippen LogP contribution in [-0.4, -0.2) is 0 Å². The largest absolute Gasteiger partial charge is 0.103 e. The van der Waals surface area contributed by atoms with E-state index in [0.717, 1.165) is 6.42 Å². The van der Waals surface area contributed by atoms with E-state index in [0.29, 0.717) is 5.92 Å². The summed E-state index contributed by atoms with van der Waals surface area (Å²) in [6, 6.07) is 0. The first kappa shape index (κ1) is 7.74. The summed E-state index contributed by atoms with van der Waals surface area (Å²) in [5.74, 6) is 0.701. The molecule has 0 saturated heterocycles. The van der Waals surface area contributed by atoms with E-state index < -0.39 is 0 Å². The summed E-state index contributed by atoms with van der Waals surface area (Å²) >= 11 is 0. The summed E-state index contributed by atoms with van der Waals surface area (Å²) in [6.07, 6.45) is 5.45. The molecule has 0 heterocycles. The quantitative estimate of drug-likeness (QED) is 0.489. The lowest BCUT2D eigenvalue weighted by molar-refractivity contribution is 0.579. The van der Waals surface area contributed by atoms with Gasteiger partial charge in [-0.15, -0.1) is 6.58 Å². The van der Waals surface area contributed by atoms with Crippen LogP contribution in [0.25, 0.3) is 0 Å². The third-order valence-corrected chi connectivity index (χ3v) is 1.43. The molecule has 0 heteroatoms. The fraction of sp³-hybridized carbons (Fsp3) is 0.625. The highest BCUT2D eigenvalue weighted by atomic mass is 14.0. The van der Waals surface area contributed by atoms with Crippen molar-refractivity contribution in [2.45, 2.75) is 26.2 Å². The lowest BCUT2D eigenvalue weighted by atomic mass is 10.0. The molecule has 8 heavy (non-hydrogen) atoms. The molecule has 0 nitrogen and oxygen atoms in total. The van der Waals surface area contributed by atoms with Gasteiger partial charge in [0.2, 0.25) is 0 Å². The topological polar surface area (TPSA) is 0 Å². The molecule has 0 aliphatic rings. The van der Waals surface area contributed by atoms with Gasteiger partial charge in [-0.3, -0.25) is 0 Å². The maximum atomic E-state index is 3.77. The zero-order valence-electron chi connectivity index (χ0n) is 5.69. The summed E-state index contributed by atoms with van der Waals surface area (Å²) in [5, 5.41) is 0. The molecule has 1 atom stereocenters. The molecule has 0 aliphatic heterocycles. The molecule has 0 spiro atoms. The number of allylic oxidation sites excluding steroid dienone is 1. The van der Waals surface area contributed by atoms with Crippen LogP contribution in [0.1, 0.15) is 26.2 Å². The van der Waals surface area contributed by atoms with Gasteiger partial charge in [-0.1, -0.05) is 26.3 Å². The predicted octanol–water partition coefficient (Wildman–Crippen LogP) is 2.81. The first-order valence-electron chi connectivity index (χ1n) is 3.27. The molecule has 1 radical (unpaired) electrons. The standard InChI is InChI=1S/C8H15/c1-4-7-8(5-2)6-3/h5,8H,1-2,4,6-7H2,3H3. The van der Waals surface area contributed by atoms with E-state index in [9.17, 15) is 0 Å². The van der Waals surface area contributed by atoms with Gasteiger partial charge in [0.1, 0.15) is 0 Å². The molecule has 0 aromatic rings. The van der Waals surface area contributed by atoms with Gasteiger partial charge in [-0.2, -0.15) is 0 Å². The fourth-order valence-electron chi connectivity index (χ4n) is 0.751. The lowest BCUT2D eigenvalue weighted by Gasteiger charge is -2.04. The van der Waals surface area contributed by atoms with Crippen LogP contribution in [0.3, 0.4) is 0 Å². The van der Waals surface area contributed by atoms with E-state index in [2.05, 4.69) is 20.4 Å². The molecule has 0 N–H and O–H groups in total. The van der Waals surface area contributed by atoms with Crippen molar-refractivity contribution in [3.63, 3.8) is 0 Å². The second-order valence-corrected chi connectivity index (χ2v) is 2.05. The van der Waals surface area contributed by atoms with Crippen LogP contribution in [0.5, 0.6) is 0 Å². The summed E-state index contributed by atoms with van der Waals surface area (Å²) in [5.41, 5.74) is 0. The highest BCUT2D eigenvalue weighted by molar-refractivity contribution is 4.77. The van der Waals surface area contributed by atoms with Crippen molar-refractivity contribution in [2.24, 2.45) is 5.92 Å². The molecule has 1 unspecified atom stereocenters. The van der Waals surface area contributed by atoms with E-state index in [4.69, 9.17) is 0 Å². The minimum Gasteiger partial charge on any atom is -0.103 e. The third kappa shape index (κ3) is 2.84. The Morgan fingerprint density at radius 3 is 2.38 bits per heavy atom. The minimum atomic E-state index is 0.701. The molecule has 0 aliphatic carbocycles. The first-order chi connectivity index (χ1) is 3.85. The van der Waals surface area contributed by atoms with Crippen molar-refractivity contribution in [3.05, 3.63) is 19.6 Å². The molecular weight excluding hydrogens is 96.1 g/mol. The van der Waals surface area contributed by atoms with Crippen LogP contribution < -0.4 is 0 Å². The Kier molecular flexibility index (Phi) is 4.73. The van der Waals surface area contributed by atoms with Crippen LogP contribution >= 0.6 is 0 Å². The minimum absolute atomic E-state index is 0.701. The lowest BCUT2D eigenvalue weighted by Crippen LogP contribution is -1.90. The SMILES string of the molecule is [CH2]CCC(C=C)CC. The van der Waals surface area contributed by atoms with Gasteiger partial charge in [-0.25, -0.2) is 0 Å². The van der Waals surface area contributed by atoms with Gasteiger partial charge in [0.25, 0.3) is 0 Å². The summed E-state index contributed by atoms with van der Waals surface area (Å²) in [4.78, 5) is 0. The Labute approximate surface area is 52.6 Å². The summed E-state index contributed by atoms with van der Waals surface area (Å²) in [6.45, 7) is 9.68. The Hall–Kier alpha value is -0.260. The monoisotopic (exact) mass is 111 g/mol. The Morgan fingerprint density at radius 2 is 2.25 bits per heavy atom. The molecule has 47 valence electrons. The normalized spacial score (nSPS) is 13.2. The molecule has 0 aromatic heterocycles. The molecule has 0 fully saturated rings. The van der Waals surface area contributed by atoms with Crippen LogP contribution in [-0.2, 0) is 0 Å². The van der Waals surface area contributed by atoms with E-state index in [-0.39, 0.29) is 0 Å². The van der Waals surface area contributed by atoms with E-state index >= 15 is 0 Å². The predicted molar refractivity (Wildman–Crippen MR) is 38.6 cm³/mol. The highest BCUT2D eigenvalue weighted by Crippen LogP contribution is 2.09. The molecular formula is C8H15. The van der Waals surface area contributed by atoms with Crippen LogP contribution in [0.2, 0.25) is 0 Å². The highest BCUT2D eigenvalue weighted by Gasteiger charge is 1.95. The summed E-state index contributed by atoms with van der Waals surface area (Å²) < 4.78 is 0. The zero-order chi connectivity index (χ0) is 6.41. The van der Waals surface area contributed by atoms with Crippen LogP contribution in [0.15, 0.2) is 12.7 Å². The Morgan fingerprint density at radius 1 is 1.62 bits per heavy atom. The average Bonchev–Trinajstić information content (AvgIpc) is 1.83. The van der Waals surface area contributed by atoms with Crippen molar-refractivity contribution in [1.82, 2.24) is 0 Å². The van der Waals surface area contributed by atoms with E-state index in [1.165, 1.54) is 12.8 Å². The van der Waals surface area contributed by atoms with Gasteiger partial charge in [0.15, 0.2) is 0 Å². The second kappa shape index (κ2) is 4.89. The average molecular weight is 111 g/mol. The Balaban J connectivity index is 3.21. The molecule has 0 amide bonds. The second-order valence-electron chi connectivity index (χ2n) is 2.05. The van der Waals surface area contributed by atoms with Gasteiger partial charge < -0.3 is 0 Å². The summed E-state index contributed by atoms with van der Waals surface area (Å²) in [7, 11) is 0. The van der Waals surface area contributed by atoms with Crippen molar-refractivity contribution in [3.8, 4) is 0 Å². The van der Waals surface area contributed by atoms with Crippen molar-refractivity contribution < 1.29 is 0 Å². The Bertz CT molecular complexity index is 55.1. The van der Waals surface area contributed by atoms with Crippen molar-refractivity contribution in [2.75, 3.05) is 0 Å². The van der Waals surface area contributed by atoms with Crippen LogP contribution in [0.4, 0.5) is 0 Å². The van der Waals surface area contributed by atoms with Gasteiger partial charge in [0, 0.05) is 0 Å². The fourth-order valence-corrected chi connectivity index (χ4v) is 0.751.